The fourth-order valence-corrected chi connectivity index (χ4v) is 5.12. The SMILES string of the molecule is COc1ccc2ccccc2c1/C=C/[C@]12NC(=O)CN1c1ccc(C)cc1C2(C)C. The van der Waals surface area contributed by atoms with Gasteiger partial charge in [0.15, 0.2) is 0 Å². The summed E-state index contributed by atoms with van der Waals surface area (Å²) in [4.78, 5) is 14.8. The van der Waals surface area contributed by atoms with Crippen LogP contribution in [-0.4, -0.2) is 25.2 Å². The number of anilines is 1. The summed E-state index contributed by atoms with van der Waals surface area (Å²) in [6.07, 6.45) is 4.26. The summed E-state index contributed by atoms with van der Waals surface area (Å²) in [6, 6.07) is 18.9. The zero-order chi connectivity index (χ0) is 21.1. The lowest BCUT2D eigenvalue weighted by Gasteiger charge is -2.40. The molecule has 0 spiro atoms. The molecular weight excluding hydrogens is 372 g/mol. The average Bonchev–Trinajstić information content (AvgIpc) is 3.16. The first kappa shape index (κ1) is 18.7. The van der Waals surface area contributed by atoms with Crippen LogP contribution in [0.15, 0.2) is 60.7 Å². The summed E-state index contributed by atoms with van der Waals surface area (Å²) in [7, 11) is 1.70. The van der Waals surface area contributed by atoms with Crippen molar-refractivity contribution in [1.82, 2.24) is 5.32 Å². The molecule has 1 atom stereocenters. The van der Waals surface area contributed by atoms with Crippen molar-refractivity contribution in [1.29, 1.82) is 0 Å². The largest absolute Gasteiger partial charge is 0.496 e. The number of carbonyl (C=O) groups excluding carboxylic acids is 1. The maximum Gasteiger partial charge on any atom is 0.241 e. The van der Waals surface area contributed by atoms with Crippen LogP contribution < -0.4 is 15.0 Å². The Morgan fingerprint density at radius 2 is 1.90 bits per heavy atom. The third-order valence-electron chi connectivity index (χ3n) is 6.77. The van der Waals surface area contributed by atoms with E-state index in [0.29, 0.717) is 6.54 Å². The molecule has 1 N–H and O–H groups in total. The van der Waals surface area contributed by atoms with E-state index in [2.05, 4.69) is 79.5 Å². The van der Waals surface area contributed by atoms with E-state index >= 15 is 0 Å². The molecule has 4 heteroatoms. The minimum Gasteiger partial charge on any atom is -0.496 e. The molecule has 1 fully saturated rings. The third-order valence-corrected chi connectivity index (χ3v) is 6.77. The van der Waals surface area contributed by atoms with Gasteiger partial charge in [-0.3, -0.25) is 4.79 Å². The van der Waals surface area contributed by atoms with Crippen molar-refractivity contribution in [3.05, 3.63) is 77.4 Å². The molecular formula is C26H26N2O2. The lowest BCUT2D eigenvalue weighted by Crippen LogP contribution is -2.58. The summed E-state index contributed by atoms with van der Waals surface area (Å²) >= 11 is 0. The maximum absolute atomic E-state index is 12.6. The molecule has 2 heterocycles. The zero-order valence-corrected chi connectivity index (χ0v) is 17.8. The third kappa shape index (κ3) is 2.43. The second-order valence-electron chi connectivity index (χ2n) is 8.78. The van der Waals surface area contributed by atoms with E-state index < -0.39 is 5.66 Å². The van der Waals surface area contributed by atoms with Crippen LogP contribution in [0, 0.1) is 6.92 Å². The van der Waals surface area contributed by atoms with Crippen LogP contribution in [0.2, 0.25) is 0 Å². The number of hydrogen-bond acceptors (Lipinski definition) is 3. The lowest BCUT2D eigenvalue weighted by atomic mass is 9.75. The fourth-order valence-electron chi connectivity index (χ4n) is 5.12. The molecule has 0 bridgehead atoms. The highest BCUT2D eigenvalue weighted by atomic mass is 16.5. The number of methoxy groups -OCH3 is 1. The Morgan fingerprint density at radius 1 is 1.10 bits per heavy atom. The molecule has 0 aromatic heterocycles. The van der Waals surface area contributed by atoms with Crippen LogP contribution in [0.1, 0.15) is 30.5 Å². The number of hydrogen-bond donors (Lipinski definition) is 1. The van der Waals surface area contributed by atoms with Crippen LogP contribution in [0.4, 0.5) is 5.69 Å². The molecule has 5 rings (SSSR count). The Morgan fingerprint density at radius 3 is 2.70 bits per heavy atom. The average molecular weight is 399 g/mol. The molecule has 152 valence electrons. The van der Waals surface area contributed by atoms with Gasteiger partial charge in [0.25, 0.3) is 0 Å². The fraction of sp³-hybridized carbons (Fsp3) is 0.269. The van der Waals surface area contributed by atoms with Gasteiger partial charge in [-0.15, -0.1) is 0 Å². The molecule has 1 saturated heterocycles. The number of aryl methyl sites for hydroxylation is 1. The van der Waals surface area contributed by atoms with Crippen molar-refractivity contribution >= 4 is 28.4 Å². The standard InChI is InChI=1S/C26H26N2O2/c1-17-9-11-22-21(15-17)25(2,3)26(27-24(29)16-28(22)26)14-13-20-19-8-6-5-7-18(19)10-12-23(20)30-4/h5-15H,16H2,1-4H3,(H,27,29)/b14-13+/t26-/m0/s1. The topological polar surface area (TPSA) is 41.6 Å². The van der Waals surface area contributed by atoms with Gasteiger partial charge in [-0.25, -0.2) is 0 Å². The van der Waals surface area contributed by atoms with Crippen molar-refractivity contribution in [2.45, 2.75) is 31.8 Å². The number of fused-ring (bicyclic) bond motifs is 4. The molecule has 0 radical (unpaired) electrons. The van der Waals surface area contributed by atoms with Crippen molar-refractivity contribution in [2.75, 3.05) is 18.6 Å². The molecule has 3 aromatic rings. The van der Waals surface area contributed by atoms with Gasteiger partial charge in [0.05, 0.1) is 13.7 Å². The van der Waals surface area contributed by atoms with Gasteiger partial charge in [0.1, 0.15) is 11.4 Å². The highest BCUT2D eigenvalue weighted by molar-refractivity contribution is 5.95. The van der Waals surface area contributed by atoms with Gasteiger partial charge in [-0.1, -0.05) is 68.0 Å². The Labute approximate surface area is 177 Å². The Bertz CT molecular complexity index is 1210. The second-order valence-corrected chi connectivity index (χ2v) is 8.78. The van der Waals surface area contributed by atoms with Gasteiger partial charge in [0.2, 0.25) is 5.91 Å². The summed E-state index contributed by atoms with van der Waals surface area (Å²) in [5.41, 5.74) is 3.71. The lowest BCUT2D eigenvalue weighted by molar-refractivity contribution is -0.118. The van der Waals surface area contributed by atoms with Gasteiger partial charge in [-0.05, 0) is 41.5 Å². The molecule has 0 unspecified atom stereocenters. The van der Waals surface area contributed by atoms with Crippen molar-refractivity contribution in [3.8, 4) is 5.75 Å². The first-order chi connectivity index (χ1) is 14.4. The summed E-state index contributed by atoms with van der Waals surface area (Å²) in [6.45, 7) is 6.89. The van der Waals surface area contributed by atoms with E-state index in [1.807, 2.05) is 18.2 Å². The number of nitrogens with one attached hydrogen (secondary N) is 1. The smallest absolute Gasteiger partial charge is 0.241 e. The normalized spacial score (nSPS) is 21.7. The van der Waals surface area contributed by atoms with Gasteiger partial charge in [-0.2, -0.15) is 0 Å². The molecule has 2 aliphatic heterocycles. The van der Waals surface area contributed by atoms with Crippen LogP contribution in [0.5, 0.6) is 5.75 Å². The van der Waals surface area contributed by atoms with E-state index in [1.165, 1.54) is 11.1 Å². The first-order valence-corrected chi connectivity index (χ1v) is 10.3. The first-order valence-electron chi connectivity index (χ1n) is 10.3. The predicted molar refractivity (Wildman–Crippen MR) is 122 cm³/mol. The number of rotatable bonds is 3. The predicted octanol–water partition coefficient (Wildman–Crippen LogP) is 4.79. The van der Waals surface area contributed by atoms with E-state index in [0.717, 1.165) is 27.8 Å². The number of nitrogens with zero attached hydrogens (tertiary/aromatic N) is 1. The van der Waals surface area contributed by atoms with Crippen LogP contribution in [0.25, 0.3) is 16.8 Å². The summed E-state index contributed by atoms with van der Waals surface area (Å²) in [5.74, 6) is 0.866. The Kier molecular flexibility index (Phi) is 3.97. The molecule has 1 amide bonds. The zero-order valence-electron chi connectivity index (χ0n) is 17.8. The van der Waals surface area contributed by atoms with Crippen LogP contribution in [0.3, 0.4) is 0 Å². The highest BCUT2D eigenvalue weighted by Gasteiger charge is 2.59. The Hall–Kier alpha value is -3.27. The second kappa shape index (κ2) is 6.36. The van der Waals surface area contributed by atoms with Gasteiger partial charge >= 0.3 is 0 Å². The monoisotopic (exact) mass is 398 g/mol. The molecule has 0 aliphatic carbocycles. The molecule has 4 nitrogen and oxygen atoms in total. The van der Waals surface area contributed by atoms with Crippen molar-refractivity contribution in [2.24, 2.45) is 0 Å². The van der Waals surface area contributed by atoms with E-state index in [-0.39, 0.29) is 11.3 Å². The van der Waals surface area contributed by atoms with Crippen LogP contribution in [-0.2, 0) is 10.2 Å². The molecule has 2 aliphatic rings. The van der Waals surface area contributed by atoms with Gasteiger partial charge in [0, 0.05) is 16.7 Å². The molecule has 3 aromatic carbocycles. The highest BCUT2D eigenvalue weighted by Crippen LogP contribution is 2.53. The van der Waals surface area contributed by atoms with E-state index in [9.17, 15) is 4.79 Å². The number of ether oxygens (including phenoxy) is 1. The number of amides is 1. The summed E-state index contributed by atoms with van der Waals surface area (Å²) < 4.78 is 5.68. The minimum atomic E-state index is -0.623. The molecule has 0 saturated carbocycles. The Balaban J connectivity index is 1.70. The van der Waals surface area contributed by atoms with Crippen LogP contribution >= 0.6 is 0 Å². The van der Waals surface area contributed by atoms with Crippen molar-refractivity contribution < 1.29 is 9.53 Å². The number of carbonyl (C=O) groups is 1. The quantitative estimate of drug-likeness (QED) is 0.689. The van der Waals surface area contributed by atoms with E-state index in [1.54, 1.807) is 7.11 Å². The molecule has 30 heavy (non-hydrogen) atoms. The summed E-state index contributed by atoms with van der Waals surface area (Å²) in [5, 5.41) is 5.59. The minimum absolute atomic E-state index is 0.0452. The van der Waals surface area contributed by atoms with Gasteiger partial charge < -0.3 is 15.0 Å². The van der Waals surface area contributed by atoms with Crippen molar-refractivity contribution in [3.63, 3.8) is 0 Å². The maximum atomic E-state index is 12.6. The van der Waals surface area contributed by atoms with E-state index in [4.69, 9.17) is 4.74 Å². The number of benzene rings is 3.